The van der Waals surface area contributed by atoms with Gasteiger partial charge in [0.05, 0.1) is 24.4 Å². The Kier molecular flexibility index (Phi) is 6.14. The van der Waals surface area contributed by atoms with Gasteiger partial charge in [0.1, 0.15) is 5.01 Å². The van der Waals surface area contributed by atoms with Gasteiger partial charge in [-0.25, -0.2) is 4.98 Å². The maximum atomic E-state index is 5.35. The molecule has 0 saturated heterocycles. The molecule has 0 radical (unpaired) electrons. The summed E-state index contributed by atoms with van der Waals surface area (Å²) in [6.07, 6.45) is 8.12. The molecule has 140 valence electrons. The lowest BCUT2D eigenvalue weighted by molar-refractivity contribution is 0.356. The average molecular weight is 380 g/mol. The largest absolute Gasteiger partial charge is 0.493 e. The Hall–Kier alpha value is -2.79. The van der Waals surface area contributed by atoms with Crippen molar-refractivity contribution in [3.8, 4) is 11.5 Å². The number of aromatic nitrogens is 1. The Morgan fingerprint density at radius 3 is 2.30 bits per heavy atom. The molecule has 0 amide bonds. The Morgan fingerprint density at radius 1 is 0.963 bits per heavy atom. The first kappa shape index (κ1) is 19.0. The highest BCUT2D eigenvalue weighted by molar-refractivity contribution is 7.19. The highest BCUT2D eigenvalue weighted by Crippen LogP contribution is 2.34. The van der Waals surface area contributed by atoms with E-state index >= 15 is 0 Å². The summed E-state index contributed by atoms with van der Waals surface area (Å²) < 4.78 is 11.8. The molecule has 5 heteroatoms. The van der Waals surface area contributed by atoms with Gasteiger partial charge in [-0.3, -0.25) is 0 Å². The van der Waals surface area contributed by atoms with Crippen LogP contribution >= 0.6 is 11.3 Å². The van der Waals surface area contributed by atoms with E-state index in [9.17, 15) is 0 Å². The van der Waals surface area contributed by atoms with Gasteiger partial charge < -0.3 is 14.8 Å². The van der Waals surface area contributed by atoms with E-state index in [0.717, 1.165) is 32.2 Å². The summed E-state index contributed by atoms with van der Waals surface area (Å²) in [6.45, 7) is 4.26. The Bertz CT molecular complexity index is 915. The number of nitrogens with one attached hydrogen (secondary N) is 1. The SMILES string of the molecule is COc1cc2nc(/C=C/C=C/c3ccc(NC(C)C)cc3)sc2cc1O[11CH3]. The van der Waals surface area contributed by atoms with E-state index in [-0.39, 0.29) is 0 Å². The summed E-state index contributed by atoms with van der Waals surface area (Å²) in [4.78, 5) is 4.63. The second-order valence-electron chi connectivity index (χ2n) is 6.37. The Labute approximate surface area is 164 Å². The van der Waals surface area contributed by atoms with Crippen LogP contribution in [0.2, 0.25) is 0 Å². The number of benzene rings is 2. The fraction of sp³-hybridized carbons (Fsp3) is 0.227. The van der Waals surface area contributed by atoms with E-state index in [1.54, 1.807) is 25.6 Å². The van der Waals surface area contributed by atoms with Gasteiger partial charge in [-0.1, -0.05) is 30.4 Å². The second kappa shape index (κ2) is 8.73. The molecule has 3 aromatic rings. The lowest BCUT2D eigenvalue weighted by atomic mass is 10.2. The molecule has 0 aliphatic carbocycles. The van der Waals surface area contributed by atoms with Crippen LogP contribution in [0.15, 0.2) is 48.6 Å². The molecule has 0 bridgehead atoms. The lowest BCUT2D eigenvalue weighted by Gasteiger charge is -2.09. The average Bonchev–Trinajstić information content (AvgIpc) is 3.06. The maximum Gasteiger partial charge on any atom is 0.162 e. The molecule has 1 heterocycles. The summed E-state index contributed by atoms with van der Waals surface area (Å²) in [6, 6.07) is 12.7. The minimum Gasteiger partial charge on any atom is -0.493 e. The van der Waals surface area contributed by atoms with E-state index < -0.39 is 0 Å². The van der Waals surface area contributed by atoms with Crippen LogP contribution in [-0.4, -0.2) is 25.2 Å². The summed E-state index contributed by atoms with van der Waals surface area (Å²) in [5, 5.41) is 4.33. The summed E-state index contributed by atoms with van der Waals surface area (Å²) in [5.41, 5.74) is 3.21. The summed E-state index contributed by atoms with van der Waals surface area (Å²) in [5.74, 6) is 1.42. The number of hydrogen-bond acceptors (Lipinski definition) is 5. The second-order valence-corrected chi connectivity index (χ2v) is 7.43. The number of anilines is 1. The van der Waals surface area contributed by atoms with Crippen molar-refractivity contribution in [2.24, 2.45) is 0 Å². The van der Waals surface area contributed by atoms with Gasteiger partial charge in [-0.2, -0.15) is 0 Å². The first-order valence-corrected chi connectivity index (χ1v) is 9.64. The molecular formula is C22H24N2O2S. The van der Waals surface area contributed by atoms with Gasteiger partial charge in [0.2, 0.25) is 0 Å². The zero-order valence-electron chi connectivity index (χ0n) is 16.0. The van der Waals surface area contributed by atoms with Gasteiger partial charge in [0.25, 0.3) is 0 Å². The molecule has 2 aromatic carbocycles. The molecule has 0 unspecified atom stereocenters. The number of nitrogens with zero attached hydrogens (tertiary/aromatic N) is 1. The number of thiazole rings is 1. The van der Waals surface area contributed by atoms with Gasteiger partial charge in [0.15, 0.2) is 11.5 Å². The van der Waals surface area contributed by atoms with Crippen molar-refractivity contribution >= 4 is 39.4 Å². The predicted octanol–water partition coefficient (Wildman–Crippen LogP) is 5.86. The standard InChI is InChI=1S/C22H24N2O2S/c1-15(2)23-17-11-9-16(10-12-17)7-5-6-8-22-24-18-13-19(25-3)20(26-4)14-21(18)27-22/h5-15,23H,1-4H3/b7-5+,8-6+/i4-1. The van der Waals surface area contributed by atoms with E-state index in [1.165, 1.54) is 0 Å². The molecule has 0 aliphatic heterocycles. The normalized spacial score (nSPS) is 11.7. The highest BCUT2D eigenvalue weighted by atomic mass is 32.1. The fourth-order valence-electron chi connectivity index (χ4n) is 2.67. The zero-order valence-corrected chi connectivity index (χ0v) is 16.8. The van der Waals surface area contributed by atoms with Crippen LogP contribution in [0.25, 0.3) is 22.4 Å². The monoisotopic (exact) mass is 379 g/mol. The Morgan fingerprint density at radius 2 is 1.63 bits per heavy atom. The van der Waals surface area contributed by atoms with Gasteiger partial charge in [-0.15, -0.1) is 11.3 Å². The van der Waals surface area contributed by atoms with Crippen molar-refractivity contribution < 1.29 is 9.47 Å². The van der Waals surface area contributed by atoms with Crippen molar-refractivity contribution in [1.29, 1.82) is 0 Å². The van der Waals surface area contributed by atoms with E-state index in [1.807, 2.05) is 30.4 Å². The van der Waals surface area contributed by atoms with Gasteiger partial charge >= 0.3 is 0 Å². The lowest BCUT2D eigenvalue weighted by Crippen LogP contribution is -2.09. The first-order valence-electron chi connectivity index (χ1n) is 8.83. The van der Waals surface area contributed by atoms with Crippen molar-refractivity contribution in [3.63, 3.8) is 0 Å². The number of methoxy groups -OCH3 is 2. The van der Waals surface area contributed by atoms with Crippen LogP contribution in [0.3, 0.4) is 0 Å². The van der Waals surface area contributed by atoms with Gasteiger partial charge in [0, 0.05) is 23.9 Å². The Balaban J connectivity index is 1.69. The smallest absolute Gasteiger partial charge is 0.162 e. The third-order valence-corrected chi connectivity index (χ3v) is 4.90. The molecule has 27 heavy (non-hydrogen) atoms. The third-order valence-electron chi connectivity index (χ3n) is 3.91. The van der Waals surface area contributed by atoms with Crippen molar-refractivity contribution in [2.75, 3.05) is 19.5 Å². The topological polar surface area (TPSA) is 43.4 Å². The number of allylic oxidation sites excluding steroid dienone is 2. The quantitative estimate of drug-likeness (QED) is 0.522. The molecule has 3 rings (SSSR count). The molecule has 0 saturated carbocycles. The van der Waals surface area contributed by atoms with Crippen molar-refractivity contribution in [3.05, 3.63) is 59.1 Å². The van der Waals surface area contributed by atoms with E-state index in [2.05, 4.69) is 54.5 Å². The van der Waals surface area contributed by atoms with Crippen molar-refractivity contribution in [1.82, 2.24) is 4.98 Å². The van der Waals surface area contributed by atoms with Crippen LogP contribution < -0.4 is 14.8 Å². The van der Waals surface area contributed by atoms with Crippen molar-refractivity contribution in [2.45, 2.75) is 19.9 Å². The molecule has 0 fully saturated rings. The molecule has 1 N–H and O–H groups in total. The first-order chi connectivity index (χ1) is 13.1. The van der Waals surface area contributed by atoms with E-state index in [0.29, 0.717) is 11.8 Å². The molecule has 0 aliphatic rings. The van der Waals surface area contributed by atoms with Gasteiger partial charge in [-0.05, 0) is 37.6 Å². The fourth-order valence-corrected chi connectivity index (χ4v) is 3.56. The van der Waals surface area contributed by atoms with E-state index in [4.69, 9.17) is 9.47 Å². The van der Waals surface area contributed by atoms with Crippen LogP contribution in [0.4, 0.5) is 5.69 Å². The number of ether oxygens (including phenoxy) is 2. The number of hydrogen-bond donors (Lipinski definition) is 1. The number of rotatable bonds is 7. The van der Waals surface area contributed by atoms with Crippen LogP contribution in [0.5, 0.6) is 11.5 Å². The molecule has 0 spiro atoms. The highest BCUT2D eigenvalue weighted by Gasteiger charge is 2.09. The zero-order chi connectivity index (χ0) is 19.2. The van der Waals surface area contributed by atoms with Crippen LogP contribution in [-0.2, 0) is 0 Å². The summed E-state index contributed by atoms with van der Waals surface area (Å²) in [7, 11) is 3.27. The number of fused-ring (bicyclic) bond motifs is 1. The third kappa shape index (κ3) is 4.89. The van der Waals surface area contributed by atoms with Crippen LogP contribution in [0, 0.1) is 0 Å². The predicted molar refractivity (Wildman–Crippen MR) is 116 cm³/mol. The molecule has 1 aromatic heterocycles. The minimum absolute atomic E-state index is 0.433. The summed E-state index contributed by atoms with van der Waals surface area (Å²) >= 11 is 1.62. The molecular weight excluding hydrogens is 355 g/mol. The maximum absolute atomic E-state index is 5.35. The minimum atomic E-state index is 0.433. The molecule has 0 atom stereocenters. The molecule has 4 nitrogen and oxygen atoms in total. The van der Waals surface area contributed by atoms with Crippen LogP contribution in [0.1, 0.15) is 24.4 Å².